The SMILES string of the molecule is COc1ccc(C(c2c(NC(C)=O)sc3c2CCCC3)N2CCN(C)CC2)cc1. The van der Waals surface area contributed by atoms with Crippen LogP contribution in [0.3, 0.4) is 0 Å². The number of thiophene rings is 1. The molecule has 2 heterocycles. The molecule has 1 aromatic heterocycles. The Labute approximate surface area is 177 Å². The summed E-state index contributed by atoms with van der Waals surface area (Å²) in [6.45, 7) is 5.79. The van der Waals surface area contributed by atoms with E-state index in [1.165, 1.54) is 34.4 Å². The van der Waals surface area contributed by atoms with Crippen LogP contribution in [-0.4, -0.2) is 56.0 Å². The van der Waals surface area contributed by atoms with Crippen LogP contribution < -0.4 is 10.1 Å². The van der Waals surface area contributed by atoms with Gasteiger partial charge in [0.1, 0.15) is 10.8 Å². The number of carbonyl (C=O) groups excluding carboxylic acids is 1. The van der Waals surface area contributed by atoms with Crippen LogP contribution in [0.25, 0.3) is 0 Å². The highest BCUT2D eigenvalue weighted by Crippen LogP contribution is 2.45. The van der Waals surface area contributed by atoms with Gasteiger partial charge >= 0.3 is 0 Å². The predicted octanol–water partition coefficient (Wildman–Crippen LogP) is 3.93. The van der Waals surface area contributed by atoms with Crippen molar-refractivity contribution in [3.63, 3.8) is 0 Å². The molecule has 0 radical (unpaired) electrons. The highest BCUT2D eigenvalue weighted by molar-refractivity contribution is 7.16. The van der Waals surface area contributed by atoms with Crippen molar-refractivity contribution in [3.8, 4) is 5.75 Å². The number of rotatable bonds is 5. The molecule has 1 N–H and O–H groups in total. The minimum atomic E-state index is 0.0108. The van der Waals surface area contributed by atoms with Gasteiger partial charge in [0.25, 0.3) is 0 Å². The van der Waals surface area contributed by atoms with Gasteiger partial charge < -0.3 is 15.0 Å². The third-order valence-corrected chi connectivity index (χ3v) is 7.33. The van der Waals surface area contributed by atoms with Gasteiger partial charge in [0.2, 0.25) is 5.91 Å². The number of fused-ring (bicyclic) bond motifs is 1. The number of carbonyl (C=O) groups is 1. The van der Waals surface area contributed by atoms with E-state index < -0.39 is 0 Å². The molecule has 0 saturated carbocycles. The lowest BCUT2D eigenvalue weighted by Gasteiger charge is -2.39. The average Bonchev–Trinajstić information content (AvgIpc) is 3.07. The summed E-state index contributed by atoms with van der Waals surface area (Å²) >= 11 is 1.79. The zero-order valence-corrected chi connectivity index (χ0v) is 18.5. The first kappa shape index (κ1) is 20.4. The number of amides is 1. The fourth-order valence-electron chi connectivity index (χ4n) is 4.56. The number of benzene rings is 1. The number of anilines is 1. The molecule has 6 heteroatoms. The smallest absolute Gasteiger partial charge is 0.221 e. The second kappa shape index (κ2) is 8.86. The van der Waals surface area contributed by atoms with Crippen LogP contribution in [0.5, 0.6) is 5.75 Å². The first-order valence-electron chi connectivity index (χ1n) is 10.6. The molecule has 1 aliphatic heterocycles. The fraction of sp³-hybridized carbons (Fsp3) is 0.522. The molecule has 1 unspecified atom stereocenters. The van der Waals surface area contributed by atoms with Crippen molar-refractivity contribution in [1.82, 2.24) is 9.80 Å². The highest BCUT2D eigenvalue weighted by atomic mass is 32.1. The minimum absolute atomic E-state index is 0.0108. The van der Waals surface area contributed by atoms with E-state index in [1.54, 1.807) is 25.4 Å². The first-order valence-corrected chi connectivity index (χ1v) is 11.4. The van der Waals surface area contributed by atoms with Crippen LogP contribution >= 0.6 is 11.3 Å². The zero-order valence-electron chi connectivity index (χ0n) is 17.7. The summed E-state index contributed by atoms with van der Waals surface area (Å²) in [5, 5.41) is 4.21. The minimum Gasteiger partial charge on any atom is -0.497 e. The van der Waals surface area contributed by atoms with Crippen LogP contribution in [0.15, 0.2) is 24.3 Å². The van der Waals surface area contributed by atoms with Crippen molar-refractivity contribution < 1.29 is 9.53 Å². The fourth-order valence-corrected chi connectivity index (χ4v) is 5.93. The van der Waals surface area contributed by atoms with Gasteiger partial charge in [0.05, 0.1) is 13.2 Å². The van der Waals surface area contributed by atoms with Gasteiger partial charge in [-0.3, -0.25) is 9.69 Å². The van der Waals surface area contributed by atoms with E-state index in [0.717, 1.165) is 49.8 Å². The summed E-state index contributed by atoms with van der Waals surface area (Å²) in [6, 6.07) is 8.64. The van der Waals surface area contributed by atoms with Crippen molar-refractivity contribution >= 4 is 22.2 Å². The molecule has 2 aromatic rings. The van der Waals surface area contributed by atoms with E-state index in [2.05, 4.69) is 46.4 Å². The van der Waals surface area contributed by atoms with Crippen LogP contribution in [0.2, 0.25) is 0 Å². The Morgan fingerprint density at radius 3 is 2.45 bits per heavy atom. The van der Waals surface area contributed by atoms with Gasteiger partial charge in [0, 0.05) is 43.5 Å². The van der Waals surface area contributed by atoms with Crippen LogP contribution in [-0.2, 0) is 17.6 Å². The van der Waals surface area contributed by atoms with E-state index >= 15 is 0 Å². The molecule has 1 atom stereocenters. The van der Waals surface area contributed by atoms with Gasteiger partial charge in [-0.25, -0.2) is 0 Å². The highest BCUT2D eigenvalue weighted by Gasteiger charge is 2.33. The van der Waals surface area contributed by atoms with E-state index in [9.17, 15) is 4.79 Å². The van der Waals surface area contributed by atoms with Crippen LogP contribution in [0.1, 0.15) is 47.4 Å². The Morgan fingerprint density at radius 2 is 1.79 bits per heavy atom. The molecule has 2 aliphatic rings. The van der Waals surface area contributed by atoms with E-state index in [0.29, 0.717) is 0 Å². The largest absolute Gasteiger partial charge is 0.497 e. The molecule has 1 aliphatic carbocycles. The number of aryl methyl sites for hydroxylation is 1. The Bertz CT molecular complexity index is 854. The Hall–Kier alpha value is -1.89. The maximum Gasteiger partial charge on any atom is 0.221 e. The number of nitrogens with zero attached hydrogens (tertiary/aromatic N) is 2. The van der Waals surface area contributed by atoms with Gasteiger partial charge in [-0.2, -0.15) is 0 Å². The van der Waals surface area contributed by atoms with Crippen LogP contribution in [0.4, 0.5) is 5.00 Å². The van der Waals surface area contributed by atoms with Gasteiger partial charge in [-0.15, -0.1) is 11.3 Å². The van der Waals surface area contributed by atoms with Gasteiger partial charge in [-0.1, -0.05) is 12.1 Å². The number of nitrogens with one attached hydrogen (secondary N) is 1. The quantitative estimate of drug-likeness (QED) is 0.807. The van der Waals surface area contributed by atoms with Crippen molar-refractivity contribution in [1.29, 1.82) is 0 Å². The van der Waals surface area contributed by atoms with Gasteiger partial charge in [-0.05, 0) is 56.0 Å². The van der Waals surface area contributed by atoms with Crippen molar-refractivity contribution in [3.05, 3.63) is 45.8 Å². The summed E-state index contributed by atoms with van der Waals surface area (Å²) in [4.78, 5) is 18.4. The average molecular weight is 414 g/mol. The summed E-state index contributed by atoms with van der Waals surface area (Å²) in [6.07, 6.45) is 4.72. The Morgan fingerprint density at radius 1 is 1.10 bits per heavy atom. The predicted molar refractivity (Wildman–Crippen MR) is 119 cm³/mol. The van der Waals surface area contributed by atoms with Gasteiger partial charge in [0.15, 0.2) is 0 Å². The number of methoxy groups -OCH3 is 1. The summed E-state index contributed by atoms with van der Waals surface area (Å²) in [7, 11) is 3.89. The number of ether oxygens (including phenoxy) is 1. The maximum absolute atomic E-state index is 12.0. The molecule has 1 saturated heterocycles. The lowest BCUT2D eigenvalue weighted by molar-refractivity contribution is -0.114. The van der Waals surface area contributed by atoms with E-state index in [4.69, 9.17) is 4.74 Å². The lowest BCUT2D eigenvalue weighted by atomic mass is 9.88. The molecular formula is C23H31N3O2S. The molecule has 5 nitrogen and oxygen atoms in total. The molecule has 1 aromatic carbocycles. The molecule has 156 valence electrons. The standard InChI is InChI=1S/C23H31N3O2S/c1-16(27)24-23-21(19-6-4-5-7-20(19)29-23)22(26-14-12-25(2)13-15-26)17-8-10-18(28-3)11-9-17/h8-11,22H,4-7,12-15H2,1-3H3,(H,24,27). The van der Waals surface area contributed by atoms with Crippen LogP contribution in [0, 0.1) is 0 Å². The van der Waals surface area contributed by atoms with E-state index in [-0.39, 0.29) is 11.9 Å². The summed E-state index contributed by atoms with van der Waals surface area (Å²) in [5.41, 5.74) is 4.08. The number of hydrogen-bond donors (Lipinski definition) is 1. The number of likely N-dealkylation sites (N-methyl/N-ethyl adjacent to an activating group) is 1. The third-order valence-electron chi connectivity index (χ3n) is 6.11. The van der Waals surface area contributed by atoms with Crippen molar-refractivity contribution in [2.45, 2.75) is 38.6 Å². The molecule has 0 spiro atoms. The second-order valence-corrected chi connectivity index (χ2v) is 9.25. The molecular weight excluding hydrogens is 382 g/mol. The monoisotopic (exact) mass is 413 g/mol. The molecule has 1 fully saturated rings. The topological polar surface area (TPSA) is 44.8 Å². The first-order chi connectivity index (χ1) is 14.1. The normalized spacial score (nSPS) is 18.9. The molecule has 0 bridgehead atoms. The molecule has 4 rings (SSSR count). The zero-order chi connectivity index (χ0) is 20.4. The lowest BCUT2D eigenvalue weighted by Crippen LogP contribution is -2.46. The second-order valence-electron chi connectivity index (χ2n) is 8.15. The van der Waals surface area contributed by atoms with Crippen molar-refractivity contribution in [2.75, 3.05) is 45.7 Å². The number of hydrogen-bond acceptors (Lipinski definition) is 5. The maximum atomic E-state index is 12.0. The molecule has 1 amide bonds. The van der Waals surface area contributed by atoms with Crippen molar-refractivity contribution in [2.24, 2.45) is 0 Å². The summed E-state index contributed by atoms with van der Waals surface area (Å²) in [5.74, 6) is 0.886. The molecule has 29 heavy (non-hydrogen) atoms. The summed E-state index contributed by atoms with van der Waals surface area (Å²) < 4.78 is 5.39. The number of piperazine rings is 1. The third kappa shape index (κ3) is 4.34. The Balaban J connectivity index is 1.81. The van der Waals surface area contributed by atoms with E-state index in [1.807, 2.05) is 0 Å². The Kier molecular flexibility index (Phi) is 6.23.